The quantitative estimate of drug-likeness (QED) is 0.258. The van der Waals surface area contributed by atoms with Gasteiger partial charge in [0, 0.05) is 0 Å². The number of nitriles is 3. The summed E-state index contributed by atoms with van der Waals surface area (Å²) < 4.78 is 0. The van der Waals surface area contributed by atoms with Crippen LogP contribution in [0.4, 0.5) is 0 Å². The molecule has 17 heavy (non-hydrogen) atoms. The van der Waals surface area contributed by atoms with E-state index in [4.69, 9.17) is 15.8 Å². The van der Waals surface area contributed by atoms with E-state index in [0.29, 0.717) is 0 Å². The van der Waals surface area contributed by atoms with Crippen LogP contribution < -0.4 is 0 Å². The molecule has 0 aliphatic carbocycles. The van der Waals surface area contributed by atoms with Crippen LogP contribution >= 0.6 is 0 Å². The Labute approximate surface area is 148 Å². The van der Waals surface area contributed by atoms with Crippen molar-refractivity contribution in [1.29, 1.82) is 15.8 Å². The van der Waals surface area contributed by atoms with Gasteiger partial charge in [-0.3, -0.25) is 0 Å². The Morgan fingerprint density at radius 3 is 0.471 bits per heavy atom. The van der Waals surface area contributed by atoms with Crippen molar-refractivity contribution in [1.82, 2.24) is 0 Å². The fraction of sp³-hybridized carbons (Fsp3) is 0. The van der Waals surface area contributed by atoms with Gasteiger partial charge in [-0.2, -0.15) is 0 Å². The molecule has 0 fully saturated rings. The third-order valence-corrected chi connectivity index (χ3v) is 0. The van der Waals surface area contributed by atoms with E-state index in [2.05, 4.69) is 37.9 Å². The van der Waals surface area contributed by atoms with Gasteiger partial charge >= 0.3 is 40.8 Å². The Kier molecular flexibility index (Phi) is 2520. The van der Waals surface area contributed by atoms with Crippen LogP contribution in [0.3, 0.4) is 0 Å². The number of hydrogen-bond donors (Lipinski definition) is 0. The van der Waals surface area contributed by atoms with Gasteiger partial charge in [-0.25, -0.2) is 15.8 Å². The molecule has 10 nitrogen and oxygen atoms in total. The molecule has 0 aromatic carbocycles. The molecule has 105 valence electrons. The molecule has 14 heteroatoms. The van der Waals surface area contributed by atoms with E-state index in [0.717, 1.165) is 0 Å². The summed E-state index contributed by atoms with van der Waals surface area (Å²) in [6, 6.07) is 0. The van der Waals surface area contributed by atoms with Crippen molar-refractivity contribution < 1.29 is 79.2 Å². The largest absolute Gasteiger partial charge is 3.00 e. The zero-order chi connectivity index (χ0) is 8.12. The Morgan fingerprint density at radius 1 is 0.471 bits per heavy atom. The van der Waals surface area contributed by atoms with Crippen molar-refractivity contribution >= 4 is 37.9 Å². The van der Waals surface area contributed by atoms with E-state index < -0.39 is 0 Å². The molecule has 14 N–H and O–H groups in total. The molecule has 0 rings (SSSR count). The Balaban J connectivity index is -0.00000000286. The fourth-order valence-corrected chi connectivity index (χ4v) is 0. The first-order valence-electron chi connectivity index (χ1n) is 1.28. The van der Waals surface area contributed by atoms with E-state index in [1.807, 2.05) is 0 Å². The second-order valence-corrected chi connectivity index (χ2v) is 0.822. The summed E-state index contributed by atoms with van der Waals surface area (Å²) in [7, 11) is 0. The predicted molar refractivity (Wildman–Crippen MR) is 64.2 cm³/mol. The smallest absolute Gasteiger partial charge is 0.696 e. The number of nitrogens with zero attached hydrogens (tertiary/aromatic N) is 3. The van der Waals surface area contributed by atoms with Crippen LogP contribution in [0.5, 0.6) is 0 Å². The van der Waals surface area contributed by atoms with Crippen LogP contribution in [0.1, 0.15) is 0 Å². The van der Waals surface area contributed by atoms with Crippen LogP contribution in [0.25, 0.3) is 0 Å². The summed E-state index contributed by atoms with van der Waals surface area (Å²) in [5.41, 5.74) is 0. The topological polar surface area (TPSA) is 292 Å². The van der Waals surface area contributed by atoms with Gasteiger partial charge in [0.25, 0.3) is 0 Å². The molecule has 0 bridgehead atoms. The van der Waals surface area contributed by atoms with Gasteiger partial charge in [-0.15, -0.1) is 0 Å². The SMILES string of the molecule is N#C[S-].N#C[S-].N#C[S-].O.O.O.O.O.O.O.[Nd+3]. The second kappa shape index (κ2) is 365. The van der Waals surface area contributed by atoms with Crippen molar-refractivity contribution in [2.45, 2.75) is 0 Å². The van der Waals surface area contributed by atoms with Crippen molar-refractivity contribution in [2.75, 3.05) is 0 Å². The zero-order valence-corrected chi connectivity index (χ0v) is 13.7. The average molecular weight is 445 g/mol. The summed E-state index contributed by atoms with van der Waals surface area (Å²) in [4.78, 5) is 0. The van der Waals surface area contributed by atoms with E-state index in [1.54, 1.807) is 0 Å². The van der Waals surface area contributed by atoms with Crippen LogP contribution in [-0.2, 0) is 37.9 Å². The average Bonchev–Trinajstić information content (AvgIpc) is 1.70. The molecule has 0 amide bonds. The Hall–Kier alpha value is 0.201. The van der Waals surface area contributed by atoms with Crippen LogP contribution in [0.15, 0.2) is 0 Å². The van der Waals surface area contributed by atoms with Crippen LogP contribution in [0, 0.1) is 72.8 Å². The minimum absolute atomic E-state index is 0. The first-order chi connectivity index (χ1) is 4.24. The summed E-state index contributed by atoms with van der Waals surface area (Å²) in [6.07, 6.45) is 0. The van der Waals surface area contributed by atoms with Gasteiger partial charge in [-0.1, -0.05) is 16.2 Å². The molecule has 0 saturated heterocycles. The third-order valence-electron chi connectivity index (χ3n) is 0. The van der Waals surface area contributed by atoms with E-state index in [1.165, 1.54) is 16.2 Å². The predicted octanol–water partition coefficient (Wildman–Crippen LogP) is -5.73. The van der Waals surface area contributed by atoms with Crippen LogP contribution in [-0.4, -0.2) is 38.3 Å². The van der Waals surface area contributed by atoms with Gasteiger partial charge in [-0.05, 0) is 0 Å². The molecule has 0 aromatic rings. The van der Waals surface area contributed by atoms with E-state index in [-0.39, 0.29) is 79.2 Å². The molecule has 0 saturated carbocycles. The number of thiocyanates is 3. The minimum Gasteiger partial charge on any atom is -0.696 e. The minimum atomic E-state index is 0. The zero-order valence-electron chi connectivity index (χ0n) is 8.07. The van der Waals surface area contributed by atoms with Gasteiger partial charge in [0.2, 0.25) is 0 Å². The number of hydrogen-bond acceptors (Lipinski definition) is 6. The molecule has 0 aliphatic rings. The van der Waals surface area contributed by atoms with Crippen molar-refractivity contribution in [3.63, 3.8) is 0 Å². The van der Waals surface area contributed by atoms with Gasteiger partial charge in [0.05, 0.1) is 0 Å². The molecule has 0 aliphatic heterocycles. The Bertz CT molecular complexity index is 129. The maximum absolute atomic E-state index is 7.13. The first-order valence-corrected chi connectivity index (χ1v) is 2.51. The molecule has 0 aromatic heterocycles. The van der Waals surface area contributed by atoms with Crippen molar-refractivity contribution in [2.24, 2.45) is 0 Å². The summed E-state index contributed by atoms with van der Waals surface area (Å²) >= 11 is 11.1. The summed E-state index contributed by atoms with van der Waals surface area (Å²) in [5, 5.41) is 25.4. The first kappa shape index (κ1) is 117. The van der Waals surface area contributed by atoms with E-state index in [9.17, 15) is 0 Å². The summed E-state index contributed by atoms with van der Waals surface area (Å²) in [6.45, 7) is 0. The molecule has 0 spiro atoms. The van der Waals surface area contributed by atoms with Crippen molar-refractivity contribution in [3.8, 4) is 16.2 Å². The Morgan fingerprint density at radius 2 is 0.471 bits per heavy atom. The van der Waals surface area contributed by atoms with Gasteiger partial charge in [0.15, 0.2) is 0 Å². The van der Waals surface area contributed by atoms with Gasteiger partial charge < -0.3 is 76.2 Å². The third kappa shape index (κ3) is 81100. The number of rotatable bonds is 0. The molecule has 0 heterocycles. The fourth-order valence-electron chi connectivity index (χ4n) is 0. The maximum atomic E-state index is 7.13. The van der Waals surface area contributed by atoms with E-state index >= 15 is 0 Å². The maximum Gasteiger partial charge on any atom is 3.00 e. The molecule has 0 atom stereocenters. The standard InChI is InChI=1S/3CHNS.Nd.7H2O/c3*2-1-3;;;;;;;;/h3*3H;;7*1H2/q;;;+3;;;;;;;/p-3. The molecule has 1 radical (unpaired) electrons. The second-order valence-electron chi connectivity index (χ2n) is 0.274. The molecular formula is C3H14N3NdO7S3. The molecule has 0 unspecified atom stereocenters. The summed E-state index contributed by atoms with van der Waals surface area (Å²) in [5.74, 6) is 0. The normalized spacial score (nSPS) is 1.24. The van der Waals surface area contributed by atoms with Crippen molar-refractivity contribution in [3.05, 3.63) is 0 Å². The van der Waals surface area contributed by atoms with Gasteiger partial charge in [0.1, 0.15) is 0 Å². The van der Waals surface area contributed by atoms with Crippen LogP contribution in [0.2, 0.25) is 0 Å². The molecular weight excluding hydrogens is 430 g/mol. The monoisotopic (exact) mass is 442 g/mol.